The first-order valence-electron chi connectivity index (χ1n) is 11.0. The van der Waals surface area contributed by atoms with E-state index in [-0.39, 0.29) is 11.7 Å². The summed E-state index contributed by atoms with van der Waals surface area (Å²) in [5, 5.41) is 23.5. The lowest BCUT2D eigenvalue weighted by Crippen LogP contribution is -2.14. The minimum Gasteiger partial charge on any atom is -0.316 e. The number of carbonyl (C=O) groups excluding carboxylic acids is 1. The smallest absolute Gasteiger partial charge is 0.235 e. The Bertz CT molecular complexity index is 1080. The van der Waals surface area contributed by atoms with Crippen molar-refractivity contribution in [1.82, 2.24) is 4.98 Å². The third kappa shape index (κ3) is 4.95. The van der Waals surface area contributed by atoms with E-state index in [1.54, 1.807) is 0 Å². The van der Waals surface area contributed by atoms with E-state index in [0.29, 0.717) is 27.1 Å². The molecule has 0 aromatic carbocycles. The molecule has 0 radical (unpaired) electrons. The molecule has 0 unspecified atom stereocenters. The number of nitrogens with zero attached hydrogens (tertiary/aromatic N) is 3. The highest BCUT2D eigenvalue weighted by Crippen LogP contribution is 2.39. The van der Waals surface area contributed by atoms with Crippen LogP contribution in [-0.2, 0) is 30.5 Å². The number of pyridine rings is 1. The zero-order chi connectivity index (χ0) is 21.8. The molecule has 1 amide bonds. The van der Waals surface area contributed by atoms with Gasteiger partial charge in [-0.1, -0.05) is 31.5 Å². The van der Waals surface area contributed by atoms with Crippen molar-refractivity contribution in [3.8, 4) is 12.1 Å². The molecule has 160 valence electrons. The highest BCUT2D eigenvalue weighted by atomic mass is 32.2. The number of rotatable bonds is 4. The van der Waals surface area contributed by atoms with Gasteiger partial charge in [0.05, 0.1) is 16.9 Å². The molecule has 2 aliphatic carbocycles. The first-order valence-corrected chi connectivity index (χ1v) is 12.8. The van der Waals surface area contributed by atoms with E-state index >= 15 is 0 Å². The normalized spacial score (nSPS) is 18.0. The fourth-order valence-corrected chi connectivity index (χ4v) is 6.56. The van der Waals surface area contributed by atoms with Gasteiger partial charge < -0.3 is 5.32 Å². The first kappa shape index (κ1) is 21.9. The van der Waals surface area contributed by atoms with Crippen molar-refractivity contribution in [2.45, 2.75) is 69.7 Å². The van der Waals surface area contributed by atoms with Crippen molar-refractivity contribution in [3.63, 3.8) is 0 Å². The number of fused-ring (bicyclic) bond motifs is 2. The Hall–Kier alpha value is -2.35. The average molecular weight is 451 g/mol. The van der Waals surface area contributed by atoms with Gasteiger partial charge in [-0.3, -0.25) is 4.79 Å². The molecule has 0 saturated heterocycles. The minimum atomic E-state index is -0.162. The van der Waals surface area contributed by atoms with Crippen LogP contribution in [0.15, 0.2) is 11.1 Å². The van der Waals surface area contributed by atoms with Crippen LogP contribution < -0.4 is 5.32 Å². The summed E-state index contributed by atoms with van der Waals surface area (Å²) in [6, 6.07) is 6.52. The van der Waals surface area contributed by atoms with Crippen LogP contribution >= 0.6 is 23.1 Å². The molecule has 0 aliphatic heterocycles. The van der Waals surface area contributed by atoms with Gasteiger partial charge in [0, 0.05) is 10.6 Å². The summed E-state index contributed by atoms with van der Waals surface area (Å²) in [6.45, 7) is 2.23. The molecule has 1 N–H and O–H groups in total. The molecule has 0 fully saturated rings. The Kier molecular flexibility index (Phi) is 6.95. The molecule has 2 heterocycles. The number of thioether (sulfide) groups is 1. The molecule has 4 rings (SSSR count). The molecule has 31 heavy (non-hydrogen) atoms. The molecule has 0 spiro atoms. The zero-order valence-corrected chi connectivity index (χ0v) is 19.4. The van der Waals surface area contributed by atoms with E-state index in [4.69, 9.17) is 4.98 Å². The summed E-state index contributed by atoms with van der Waals surface area (Å²) >= 11 is 2.85. The number of nitriles is 2. The highest BCUT2D eigenvalue weighted by molar-refractivity contribution is 8.00. The molecule has 0 bridgehead atoms. The number of aryl methyl sites for hydroxylation is 2. The van der Waals surface area contributed by atoms with Crippen molar-refractivity contribution in [2.75, 3.05) is 11.1 Å². The lowest BCUT2D eigenvalue weighted by Gasteiger charge is -2.17. The largest absolute Gasteiger partial charge is 0.316 e. The van der Waals surface area contributed by atoms with Crippen LogP contribution in [0.3, 0.4) is 0 Å². The number of hydrogen-bond acceptors (Lipinski definition) is 6. The Morgan fingerprint density at radius 2 is 2.03 bits per heavy atom. The van der Waals surface area contributed by atoms with Crippen LogP contribution in [-0.4, -0.2) is 16.6 Å². The second kappa shape index (κ2) is 9.85. The number of nitrogens with one attached hydrogen (secondary N) is 1. The van der Waals surface area contributed by atoms with Crippen molar-refractivity contribution >= 4 is 34.0 Å². The second-order valence-corrected chi connectivity index (χ2v) is 10.5. The lowest BCUT2D eigenvalue weighted by molar-refractivity contribution is -0.113. The third-order valence-corrected chi connectivity index (χ3v) is 8.26. The van der Waals surface area contributed by atoms with E-state index < -0.39 is 0 Å². The summed E-state index contributed by atoms with van der Waals surface area (Å²) in [7, 11) is 0. The Labute approximate surface area is 191 Å². The van der Waals surface area contributed by atoms with Gasteiger partial charge in [-0.05, 0) is 68.1 Å². The Morgan fingerprint density at radius 1 is 1.23 bits per heavy atom. The number of aromatic nitrogens is 1. The van der Waals surface area contributed by atoms with Crippen LogP contribution in [0.2, 0.25) is 0 Å². The van der Waals surface area contributed by atoms with Gasteiger partial charge >= 0.3 is 0 Å². The van der Waals surface area contributed by atoms with Crippen LogP contribution in [0, 0.1) is 28.6 Å². The summed E-state index contributed by atoms with van der Waals surface area (Å²) in [5.74, 6) is 0.625. The van der Waals surface area contributed by atoms with Gasteiger partial charge in [0.15, 0.2) is 0 Å². The molecule has 5 nitrogen and oxygen atoms in total. The fourth-order valence-electron chi connectivity index (χ4n) is 4.41. The van der Waals surface area contributed by atoms with Crippen LogP contribution in [0.4, 0.5) is 5.00 Å². The molecular formula is C24H26N4OS2. The average Bonchev–Trinajstić information content (AvgIpc) is 3.08. The maximum Gasteiger partial charge on any atom is 0.235 e. The van der Waals surface area contributed by atoms with Crippen LogP contribution in [0.5, 0.6) is 0 Å². The monoisotopic (exact) mass is 450 g/mol. The van der Waals surface area contributed by atoms with Gasteiger partial charge in [-0.25, -0.2) is 4.98 Å². The predicted molar refractivity (Wildman–Crippen MR) is 124 cm³/mol. The molecule has 1 atom stereocenters. The standard InChI is InChI=1S/C24H26N4OS2/c1-15-8-9-18-19(13-26)24(31-21(18)10-15)28-22(29)14-30-23-17(12-25)11-16-6-4-2-3-5-7-20(16)27-23/h11,15H,2-10,14H2,1H3,(H,28,29)/t15-/m1/s1. The first-order chi connectivity index (χ1) is 15.1. The SMILES string of the molecule is C[C@@H]1CCc2c(sc(NC(=O)CSc3nc4c(cc3C#N)CCCCCC4)c2C#N)C1. The van der Waals surface area contributed by atoms with Gasteiger partial charge in [0.1, 0.15) is 22.2 Å². The van der Waals surface area contributed by atoms with E-state index in [1.165, 1.54) is 46.4 Å². The summed E-state index contributed by atoms with van der Waals surface area (Å²) in [4.78, 5) is 18.7. The van der Waals surface area contributed by atoms with E-state index in [9.17, 15) is 15.3 Å². The number of anilines is 1. The van der Waals surface area contributed by atoms with Gasteiger partial charge in [0.25, 0.3) is 0 Å². The number of amides is 1. The van der Waals surface area contributed by atoms with Gasteiger partial charge in [-0.2, -0.15) is 10.5 Å². The maximum absolute atomic E-state index is 12.7. The molecular weight excluding hydrogens is 424 g/mol. The Morgan fingerprint density at radius 3 is 2.81 bits per heavy atom. The lowest BCUT2D eigenvalue weighted by atomic mass is 9.89. The molecule has 7 heteroatoms. The summed E-state index contributed by atoms with van der Waals surface area (Å²) < 4.78 is 0. The van der Waals surface area contributed by atoms with E-state index in [1.807, 2.05) is 6.07 Å². The van der Waals surface area contributed by atoms with Gasteiger partial charge in [0.2, 0.25) is 5.91 Å². The number of carbonyl (C=O) groups is 1. The summed E-state index contributed by atoms with van der Waals surface area (Å²) in [6.07, 6.45) is 9.59. The minimum absolute atomic E-state index is 0.162. The van der Waals surface area contributed by atoms with E-state index in [0.717, 1.165) is 56.2 Å². The highest BCUT2D eigenvalue weighted by Gasteiger charge is 2.25. The van der Waals surface area contributed by atoms with E-state index in [2.05, 4.69) is 24.4 Å². The zero-order valence-electron chi connectivity index (χ0n) is 17.8. The van der Waals surface area contributed by atoms with Crippen molar-refractivity contribution in [1.29, 1.82) is 10.5 Å². The molecule has 2 aromatic rings. The summed E-state index contributed by atoms with van der Waals surface area (Å²) in [5.41, 5.74) is 4.55. The van der Waals surface area contributed by atoms with Crippen molar-refractivity contribution in [3.05, 3.63) is 38.9 Å². The molecule has 2 aliphatic rings. The Balaban J connectivity index is 1.47. The molecule has 2 aromatic heterocycles. The van der Waals surface area contributed by atoms with Crippen LogP contribution in [0.1, 0.15) is 71.9 Å². The fraction of sp³-hybridized carbons (Fsp3) is 0.500. The van der Waals surface area contributed by atoms with Crippen molar-refractivity contribution < 1.29 is 4.79 Å². The third-order valence-electron chi connectivity index (χ3n) is 6.10. The van der Waals surface area contributed by atoms with Crippen LogP contribution in [0.25, 0.3) is 0 Å². The topological polar surface area (TPSA) is 89.6 Å². The number of thiophene rings is 1. The quantitative estimate of drug-likeness (QED) is 0.630. The van der Waals surface area contributed by atoms with Gasteiger partial charge in [-0.15, -0.1) is 11.3 Å². The van der Waals surface area contributed by atoms with Crippen molar-refractivity contribution in [2.24, 2.45) is 5.92 Å². The predicted octanol–water partition coefficient (Wildman–Crippen LogP) is 5.40. The molecule has 0 saturated carbocycles. The second-order valence-electron chi connectivity index (χ2n) is 8.48. The number of hydrogen-bond donors (Lipinski definition) is 1. The maximum atomic E-state index is 12.7.